The summed E-state index contributed by atoms with van der Waals surface area (Å²) in [5, 5.41) is 7.13. The van der Waals surface area contributed by atoms with Crippen LogP contribution >= 0.6 is 0 Å². The molecule has 1 aliphatic carbocycles. The second kappa shape index (κ2) is 5.20. The average Bonchev–Trinajstić information content (AvgIpc) is 2.81. The largest absolute Gasteiger partial charge is 0.497 e. The summed E-state index contributed by atoms with van der Waals surface area (Å²) < 4.78 is 5.22. The number of hydrogen-bond acceptors (Lipinski definition) is 3. The Morgan fingerprint density at radius 3 is 2.76 bits per heavy atom. The van der Waals surface area contributed by atoms with Crippen molar-refractivity contribution in [1.29, 1.82) is 0 Å². The van der Waals surface area contributed by atoms with E-state index in [9.17, 15) is 4.79 Å². The van der Waals surface area contributed by atoms with Crippen LogP contribution in [0.25, 0.3) is 6.08 Å². The van der Waals surface area contributed by atoms with Crippen molar-refractivity contribution >= 4 is 11.9 Å². The van der Waals surface area contributed by atoms with Crippen LogP contribution in [0.1, 0.15) is 39.3 Å². The van der Waals surface area contributed by atoms with Gasteiger partial charge < -0.3 is 4.74 Å². The minimum Gasteiger partial charge on any atom is -0.497 e. The molecule has 1 heterocycles. The summed E-state index contributed by atoms with van der Waals surface area (Å²) in [6, 6.07) is 5.66. The maximum absolute atomic E-state index is 12.6. The van der Waals surface area contributed by atoms with E-state index in [-0.39, 0.29) is 5.78 Å². The first-order chi connectivity index (χ1) is 10.1. The van der Waals surface area contributed by atoms with Gasteiger partial charge >= 0.3 is 0 Å². The monoisotopic (exact) mass is 282 g/mol. The Kier molecular flexibility index (Phi) is 3.37. The number of ether oxygens (including phenoxy) is 1. The summed E-state index contributed by atoms with van der Waals surface area (Å²) in [6.45, 7) is 3.92. The molecule has 21 heavy (non-hydrogen) atoms. The maximum atomic E-state index is 12.6. The van der Waals surface area contributed by atoms with E-state index in [0.717, 1.165) is 52.2 Å². The van der Waals surface area contributed by atoms with Crippen molar-refractivity contribution in [2.45, 2.75) is 26.7 Å². The molecule has 2 aromatic rings. The second-order valence-corrected chi connectivity index (χ2v) is 5.37. The summed E-state index contributed by atoms with van der Waals surface area (Å²) in [7, 11) is 1.64. The Hall–Kier alpha value is -2.36. The number of ketones is 1. The van der Waals surface area contributed by atoms with Crippen LogP contribution in [0.3, 0.4) is 0 Å². The number of benzene rings is 1. The lowest BCUT2D eigenvalue weighted by Crippen LogP contribution is -2.14. The predicted molar refractivity (Wildman–Crippen MR) is 81.7 cm³/mol. The Morgan fingerprint density at radius 1 is 1.29 bits per heavy atom. The standard InChI is InChI=1S/C17H18N2O2/c1-10-16(11(2)19-18-10)9-13-5-4-12-8-14(21-3)6-7-15(12)17(13)20/h6-9H,4-5H2,1-3H3,(H,18,19)/b13-9-. The fourth-order valence-electron chi connectivity index (χ4n) is 2.77. The highest BCUT2D eigenvalue weighted by molar-refractivity contribution is 6.13. The van der Waals surface area contributed by atoms with Crippen LogP contribution in [-0.4, -0.2) is 23.1 Å². The summed E-state index contributed by atoms with van der Waals surface area (Å²) in [6.07, 6.45) is 3.59. The van der Waals surface area contributed by atoms with Crippen molar-refractivity contribution in [3.8, 4) is 5.75 Å². The van der Waals surface area contributed by atoms with Gasteiger partial charge in [0, 0.05) is 22.4 Å². The molecule has 0 radical (unpaired) electrons. The van der Waals surface area contributed by atoms with E-state index in [1.807, 2.05) is 38.1 Å². The molecule has 3 rings (SSSR count). The molecule has 108 valence electrons. The number of carbonyl (C=O) groups is 1. The smallest absolute Gasteiger partial charge is 0.189 e. The van der Waals surface area contributed by atoms with Crippen LogP contribution in [0.4, 0.5) is 0 Å². The Labute approximate surface area is 123 Å². The number of nitrogens with zero attached hydrogens (tertiary/aromatic N) is 1. The normalized spacial score (nSPS) is 16.1. The van der Waals surface area contributed by atoms with E-state index in [1.165, 1.54) is 0 Å². The van der Waals surface area contributed by atoms with E-state index in [4.69, 9.17) is 4.74 Å². The average molecular weight is 282 g/mol. The van der Waals surface area contributed by atoms with E-state index in [0.29, 0.717) is 0 Å². The molecule has 0 saturated heterocycles. The van der Waals surface area contributed by atoms with Crippen molar-refractivity contribution in [2.24, 2.45) is 0 Å². The SMILES string of the molecule is COc1ccc2c(c1)CC/C(=C/c1c(C)n[nH]c1C)C2=O. The molecule has 0 spiro atoms. The molecular weight excluding hydrogens is 264 g/mol. The number of Topliss-reactive ketones (excluding diaryl/α,β-unsaturated/α-hetero) is 1. The maximum Gasteiger partial charge on any atom is 0.189 e. The summed E-state index contributed by atoms with van der Waals surface area (Å²) in [4.78, 5) is 12.6. The van der Waals surface area contributed by atoms with Gasteiger partial charge in [-0.15, -0.1) is 0 Å². The van der Waals surface area contributed by atoms with Gasteiger partial charge in [-0.2, -0.15) is 5.10 Å². The number of carbonyl (C=O) groups excluding carboxylic acids is 1. The van der Waals surface area contributed by atoms with Gasteiger partial charge in [-0.25, -0.2) is 0 Å². The highest BCUT2D eigenvalue weighted by atomic mass is 16.5. The van der Waals surface area contributed by atoms with Gasteiger partial charge in [-0.1, -0.05) is 0 Å². The molecule has 1 N–H and O–H groups in total. The van der Waals surface area contributed by atoms with Crippen molar-refractivity contribution < 1.29 is 9.53 Å². The minimum absolute atomic E-state index is 0.110. The molecule has 4 nitrogen and oxygen atoms in total. The third-order valence-electron chi connectivity index (χ3n) is 4.02. The van der Waals surface area contributed by atoms with Gasteiger partial charge in [0.1, 0.15) is 5.75 Å². The quantitative estimate of drug-likeness (QED) is 0.860. The summed E-state index contributed by atoms with van der Waals surface area (Å²) in [5.74, 6) is 0.911. The van der Waals surface area contributed by atoms with Crippen molar-refractivity contribution in [2.75, 3.05) is 7.11 Å². The van der Waals surface area contributed by atoms with Gasteiger partial charge in [-0.05, 0) is 56.5 Å². The minimum atomic E-state index is 0.110. The number of fused-ring (bicyclic) bond motifs is 1. The second-order valence-electron chi connectivity index (χ2n) is 5.37. The number of aromatic nitrogens is 2. The van der Waals surface area contributed by atoms with Gasteiger partial charge in [0.2, 0.25) is 0 Å². The summed E-state index contributed by atoms with van der Waals surface area (Å²) in [5.41, 5.74) is 5.64. The molecule has 0 atom stereocenters. The first kappa shape index (κ1) is 13.6. The highest BCUT2D eigenvalue weighted by Gasteiger charge is 2.22. The topological polar surface area (TPSA) is 55.0 Å². The lowest BCUT2D eigenvalue weighted by Gasteiger charge is -2.18. The molecule has 0 amide bonds. The van der Waals surface area contributed by atoms with Crippen molar-refractivity contribution in [3.63, 3.8) is 0 Å². The molecule has 0 unspecified atom stereocenters. The number of methoxy groups -OCH3 is 1. The number of rotatable bonds is 2. The van der Waals surface area contributed by atoms with Gasteiger partial charge in [-0.3, -0.25) is 9.89 Å². The third-order valence-corrected chi connectivity index (χ3v) is 4.02. The van der Waals surface area contributed by atoms with E-state index < -0.39 is 0 Å². The van der Waals surface area contributed by atoms with Gasteiger partial charge in [0.15, 0.2) is 5.78 Å². The third kappa shape index (κ3) is 2.37. The number of hydrogen-bond donors (Lipinski definition) is 1. The number of aryl methyl sites for hydroxylation is 3. The van der Waals surface area contributed by atoms with Crippen LogP contribution in [0, 0.1) is 13.8 Å². The Balaban J connectivity index is 1.99. The molecule has 1 aliphatic rings. The van der Waals surface area contributed by atoms with E-state index >= 15 is 0 Å². The molecule has 4 heteroatoms. The number of allylic oxidation sites excluding steroid dienone is 1. The number of H-pyrrole nitrogens is 1. The highest BCUT2D eigenvalue weighted by Crippen LogP contribution is 2.30. The Morgan fingerprint density at radius 2 is 2.10 bits per heavy atom. The number of nitrogens with one attached hydrogen (secondary N) is 1. The van der Waals surface area contributed by atoms with Crippen LogP contribution < -0.4 is 4.74 Å². The molecule has 1 aromatic carbocycles. The predicted octanol–water partition coefficient (Wildman–Crippen LogP) is 3.25. The zero-order valence-corrected chi connectivity index (χ0v) is 12.5. The lowest BCUT2D eigenvalue weighted by molar-refractivity contribution is 0.102. The van der Waals surface area contributed by atoms with Crippen LogP contribution in [0.2, 0.25) is 0 Å². The fourth-order valence-corrected chi connectivity index (χ4v) is 2.77. The Bertz CT molecular complexity index is 722. The van der Waals surface area contributed by atoms with Crippen molar-refractivity contribution in [1.82, 2.24) is 10.2 Å². The first-order valence-corrected chi connectivity index (χ1v) is 7.04. The van der Waals surface area contributed by atoms with Crippen LogP contribution in [-0.2, 0) is 6.42 Å². The van der Waals surface area contributed by atoms with E-state index in [1.54, 1.807) is 7.11 Å². The zero-order chi connectivity index (χ0) is 15.0. The lowest BCUT2D eigenvalue weighted by atomic mass is 9.85. The molecular formula is C17H18N2O2. The number of aromatic amines is 1. The van der Waals surface area contributed by atoms with Crippen LogP contribution in [0.15, 0.2) is 23.8 Å². The summed E-state index contributed by atoms with van der Waals surface area (Å²) >= 11 is 0. The van der Waals surface area contributed by atoms with Gasteiger partial charge in [0.05, 0.1) is 12.8 Å². The zero-order valence-electron chi connectivity index (χ0n) is 12.5. The fraction of sp³-hybridized carbons (Fsp3) is 0.294. The van der Waals surface area contributed by atoms with Gasteiger partial charge in [0.25, 0.3) is 0 Å². The molecule has 0 saturated carbocycles. The molecule has 0 bridgehead atoms. The molecule has 0 fully saturated rings. The van der Waals surface area contributed by atoms with Crippen molar-refractivity contribution in [3.05, 3.63) is 51.9 Å². The molecule has 1 aromatic heterocycles. The van der Waals surface area contributed by atoms with Crippen LogP contribution in [0.5, 0.6) is 5.75 Å². The first-order valence-electron chi connectivity index (χ1n) is 7.04. The van der Waals surface area contributed by atoms with E-state index in [2.05, 4.69) is 10.2 Å². The molecule has 0 aliphatic heterocycles.